The maximum absolute atomic E-state index is 12.9. The van der Waals surface area contributed by atoms with Crippen molar-refractivity contribution in [3.05, 3.63) is 48.4 Å². The van der Waals surface area contributed by atoms with Gasteiger partial charge in [-0.1, -0.05) is 18.2 Å². The molecule has 0 radical (unpaired) electrons. The van der Waals surface area contributed by atoms with E-state index >= 15 is 0 Å². The largest absolute Gasteiger partial charge is 0.433 e. The van der Waals surface area contributed by atoms with Gasteiger partial charge in [0.1, 0.15) is 12.1 Å². The normalized spacial score (nSPS) is 13.0. The van der Waals surface area contributed by atoms with E-state index in [0.717, 1.165) is 11.8 Å². The zero-order valence-corrected chi connectivity index (χ0v) is 12.7. The van der Waals surface area contributed by atoms with E-state index in [0.29, 0.717) is 6.54 Å². The van der Waals surface area contributed by atoms with Gasteiger partial charge >= 0.3 is 6.18 Å². The molecule has 2 N–H and O–H groups in total. The Kier molecular flexibility index (Phi) is 4.24. The maximum atomic E-state index is 12.9. The number of aromatic nitrogens is 4. The number of hydrogen-bond donors (Lipinski definition) is 2. The van der Waals surface area contributed by atoms with Crippen LogP contribution in [0.5, 0.6) is 0 Å². The first-order valence-corrected chi connectivity index (χ1v) is 7.27. The lowest BCUT2D eigenvalue weighted by atomic mass is 10.2. The molecule has 3 rings (SSSR count). The minimum Gasteiger partial charge on any atom is -0.381 e. The van der Waals surface area contributed by atoms with Crippen LogP contribution < -0.4 is 10.6 Å². The summed E-state index contributed by atoms with van der Waals surface area (Å²) in [6, 6.07) is 10.5. The van der Waals surface area contributed by atoms with Crippen LogP contribution in [0.4, 0.5) is 24.7 Å². The van der Waals surface area contributed by atoms with Crippen molar-refractivity contribution in [3.8, 4) is 0 Å². The first-order chi connectivity index (χ1) is 11.4. The van der Waals surface area contributed by atoms with Crippen molar-refractivity contribution < 1.29 is 13.2 Å². The molecular weight excluding hydrogens is 321 g/mol. The van der Waals surface area contributed by atoms with Gasteiger partial charge in [-0.3, -0.25) is 0 Å². The number of fused-ring (bicyclic) bond motifs is 1. The van der Waals surface area contributed by atoms with Gasteiger partial charge in [-0.2, -0.15) is 27.8 Å². The predicted molar refractivity (Wildman–Crippen MR) is 83.8 cm³/mol. The van der Waals surface area contributed by atoms with Crippen molar-refractivity contribution in [1.29, 1.82) is 0 Å². The Labute approximate surface area is 135 Å². The first kappa shape index (κ1) is 16.0. The molecule has 1 aromatic carbocycles. The van der Waals surface area contributed by atoms with E-state index in [4.69, 9.17) is 0 Å². The monoisotopic (exact) mass is 336 g/mol. The second kappa shape index (κ2) is 6.34. The van der Waals surface area contributed by atoms with Gasteiger partial charge in [-0.25, -0.2) is 4.98 Å². The van der Waals surface area contributed by atoms with E-state index in [9.17, 15) is 13.2 Å². The summed E-state index contributed by atoms with van der Waals surface area (Å²) in [6.07, 6.45) is -3.38. The van der Waals surface area contributed by atoms with Crippen LogP contribution in [0.1, 0.15) is 12.6 Å². The van der Waals surface area contributed by atoms with Crippen LogP contribution in [-0.2, 0) is 6.18 Å². The van der Waals surface area contributed by atoms with Crippen LogP contribution in [0.3, 0.4) is 0 Å². The molecule has 2 aromatic heterocycles. The fourth-order valence-corrected chi connectivity index (χ4v) is 2.21. The van der Waals surface area contributed by atoms with Gasteiger partial charge in [0.2, 0.25) is 0 Å². The summed E-state index contributed by atoms with van der Waals surface area (Å²) in [4.78, 5) is 7.20. The Hall–Kier alpha value is -2.84. The van der Waals surface area contributed by atoms with Crippen molar-refractivity contribution in [2.75, 3.05) is 17.2 Å². The highest BCUT2D eigenvalue weighted by Crippen LogP contribution is 2.29. The zero-order chi connectivity index (χ0) is 17.2. The van der Waals surface area contributed by atoms with E-state index in [2.05, 4.69) is 25.7 Å². The third kappa shape index (κ3) is 3.55. The molecule has 24 heavy (non-hydrogen) atoms. The first-order valence-electron chi connectivity index (χ1n) is 7.27. The van der Waals surface area contributed by atoms with Crippen LogP contribution in [-0.4, -0.2) is 32.2 Å². The topological polar surface area (TPSA) is 67.1 Å². The van der Waals surface area contributed by atoms with Gasteiger partial charge in [0.25, 0.3) is 5.78 Å². The van der Waals surface area contributed by atoms with Crippen LogP contribution in [0, 0.1) is 0 Å². The van der Waals surface area contributed by atoms with Gasteiger partial charge in [0.15, 0.2) is 5.69 Å². The molecule has 6 nitrogen and oxygen atoms in total. The van der Waals surface area contributed by atoms with Gasteiger partial charge in [0.05, 0.1) is 0 Å². The lowest BCUT2D eigenvalue weighted by Crippen LogP contribution is -2.26. The number of alkyl halides is 3. The third-order valence-corrected chi connectivity index (χ3v) is 3.32. The molecule has 3 aromatic rings. The number of benzene rings is 1. The Morgan fingerprint density at radius 1 is 1.21 bits per heavy atom. The van der Waals surface area contributed by atoms with Gasteiger partial charge < -0.3 is 10.6 Å². The summed E-state index contributed by atoms with van der Waals surface area (Å²) in [5.41, 5.74) is -0.0717. The SMILES string of the molecule is CC(CNc1cc(C(F)(F)F)nc2ncnn12)Nc1ccccc1. The molecule has 2 heterocycles. The average Bonchev–Trinajstić information content (AvgIpc) is 3.01. The van der Waals surface area contributed by atoms with Crippen molar-refractivity contribution in [1.82, 2.24) is 19.6 Å². The molecule has 0 saturated carbocycles. The van der Waals surface area contributed by atoms with E-state index in [1.807, 2.05) is 37.3 Å². The van der Waals surface area contributed by atoms with E-state index in [1.54, 1.807) is 0 Å². The number of para-hydroxylation sites is 1. The fourth-order valence-electron chi connectivity index (χ4n) is 2.21. The standard InChI is InChI=1S/C15H15F3N6/c1-10(22-11-5-3-2-4-6-11)8-19-13-7-12(15(16,17)18)23-14-20-9-21-24(13)14/h2-7,9-10,19,22H,8H2,1H3. The van der Waals surface area contributed by atoms with Gasteiger partial charge in [-0.05, 0) is 19.1 Å². The maximum Gasteiger partial charge on any atom is 0.433 e. The molecule has 126 valence electrons. The van der Waals surface area contributed by atoms with Crippen LogP contribution in [0.15, 0.2) is 42.7 Å². The smallest absolute Gasteiger partial charge is 0.381 e. The summed E-state index contributed by atoms with van der Waals surface area (Å²) < 4.78 is 40.0. The minimum absolute atomic E-state index is 0.0199. The summed E-state index contributed by atoms with van der Waals surface area (Å²) in [5.74, 6) is 0.0857. The zero-order valence-electron chi connectivity index (χ0n) is 12.7. The van der Waals surface area contributed by atoms with Crippen LogP contribution in [0.25, 0.3) is 5.78 Å². The number of rotatable bonds is 5. The average molecular weight is 336 g/mol. The van der Waals surface area contributed by atoms with E-state index < -0.39 is 11.9 Å². The summed E-state index contributed by atoms with van der Waals surface area (Å²) in [5, 5.41) is 10.1. The van der Waals surface area contributed by atoms with Gasteiger partial charge in [-0.15, -0.1) is 0 Å². The summed E-state index contributed by atoms with van der Waals surface area (Å²) >= 11 is 0. The summed E-state index contributed by atoms with van der Waals surface area (Å²) in [7, 11) is 0. The number of nitrogens with zero attached hydrogens (tertiary/aromatic N) is 4. The Bertz CT molecular complexity index is 815. The quantitative estimate of drug-likeness (QED) is 0.750. The van der Waals surface area contributed by atoms with Gasteiger partial charge in [0, 0.05) is 24.3 Å². The molecule has 0 aliphatic heterocycles. The van der Waals surface area contributed by atoms with Crippen LogP contribution >= 0.6 is 0 Å². The predicted octanol–water partition coefficient (Wildman–Crippen LogP) is 3.06. The van der Waals surface area contributed by atoms with Crippen molar-refractivity contribution >= 4 is 17.3 Å². The highest BCUT2D eigenvalue weighted by atomic mass is 19.4. The highest BCUT2D eigenvalue weighted by molar-refractivity contribution is 5.47. The lowest BCUT2D eigenvalue weighted by molar-refractivity contribution is -0.141. The molecule has 0 saturated heterocycles. The Morgan fingerprint density at radius 2 is 1.96 bits per heavy atom. The van der Waals surface area contributed by atoms with Crippen molar-refractivity contribution in [2.45, 2.75) is 19.1 Å². The lowest BCUT2D eigenvalue weighted by Gasteiger charge is -2.17. The van der Waals surface area contributed by atoms with E-state index in [-0.39, 0.29) is 17.6 Å². The molecule has 0 fully saturated rings. The van der Waals surface area contributed by atoms with Crippen molar-refractivity contribution in [3.63, 3.8) is 0 Å². The molecule has 1 atom stereocenters. The fraction of sp³-hybridized carbons (Fsp3) is 0.267. The molecule has 0 spiro atoms. The second-order valence-electron chi connectivity index (χ2n) is 5.29. The Balaban J connectivity index is 1.76. The number of hydrogen-bond acceptors (Lipinski definition) is 5. The summed E-state index contributed by atoms with van der Waals surface area (Å²) in [6.45, 7) is 2.32. The molecule has 9 heteroatoms. The molecular formula is C15H15F3N6. The molecule has 0 aliphatic rings. The third-order valence-electron chi connectivity index (χ3n) is 3.32. The van der Waals surface area contributed by atoms with Crippen molar-refractivity contribution in [2.24, 2.45) is 0 Å². The number of anilines is 2. The highest BCUT2D eigenvalue weighted by Gasteiger charge is 2.34. The Morgan fingerprint density at radius 3 is 2.67 bits per heavy atom. The van der Waals surface area contributed by atoms with Crippen LogP contribution in [0.2, 0.25) is 0 Å². The molecule has 1 unspecified atom stereocenters. The molecule has 0 bridgehead atoms. The second-order valence-corrected chi connectivity index (χ2v) is 5.29. The minimum atomic E-state index is -4.54. The number of nitrogens with one attached hydrogen (secondary N) is 2. The number of halogens is 3. The van der Waals surface area contributed by atoms with E-state index in [1.165, 1.54) is 10.8 Å². The molecule has 0 aliphatic carbocycles. The molecule has 0 amide bonds.